The number of hydrogen-bond acceptors (Lipinski definition) is 8. The van der Waals surface area contributed by atoms with E-state index in [0.29, 0.717) is 23.9 Å². The largest absolute Gasteiger partial charge is 0.466 e. The number of amides is 1. The van der Waals surface area contributed by atoms with Gasteiger partial charge in [0.15, 0.2) is 11.2 Å². The molecular weight excluding hydrogens is 358 g/mol. The standard InChI is InChI=1S/C17H19N3O5S/c1-3-13(25-16(23)11-6-5-7-18-9-11)15(22)20-17-19-12(10-26-17)8-14(21)24-4-2/h5-7,9-10,13H,3-4,8H2,1-2H3,(H,19,20,22). The van der Waals surface area contributed by atoms with Crippen LogP contribution in [0.4, 0.5) is 5.13 Å². The highest BCUT2D eigenvalue weighted by Gasteiger charge is 2.23. The fraction of sp³-hybridized carbons (Fsp3) is 0.353. The molecule has 0 bridgehead atoms. The second kappa shape index (κ2) is 9.62. The quantitative estimate of drug-likeness (QED) is 0.703. The van der Waals surface area contributed by atoms with Crippen LogP contribution in [0.25, 0.3) is 0 Å². The third kappa shape index (κ3) is 5.62. The van der Waals surface area contributed by atoms with Crippen LogP contribution in [-0.4, -0.2) is 40.5 Å². The van der Waals surface area contributed by atoms with Crippen molar-refractivity contribution < 1.29 is 23.9 Å². The van der Waals surface area contributed by atoms with Crippen molar-refractivity contribution in [1.82, 2.24) is 9.97 Å². The van der Waals surface area contributed by atoms with Crippen LogP contribution < -0.4 is 5.32 Å². The Labute approximate surface area is 154 Å². The first kappa shape index (κ1) is 19.5. The SMILES string of the molecule is CCOC(=O)Cc1csc(NC(=O)C(CC)OC(=O)c2cccnc2)n1. The Bertz CT molecular complexity index is 763. The molecule has 1 unspecified atom stereocenters. The highest BCUT2D eigenvalue weighted by Crippen LogP contribution is 2.17. The predicted molar refractivity (Wildman–Crippen MR) is 94.8 cm³/mol. The summed E-state index contributed by atoms with van der Waals surface area (Å²) < 4.78 is 10.1. The van der Waals surface area contributed by atoms with Crippen molar-refractivity contribution in [2.45, 2.75) is 32.8 Å². The van der Waals surface area contributed by atoms with E-state index in [9.17, 15) is 14.4 Å². The van der Waals surface area contributed by atoms with Gasteiger partial charge in [-0.15, -0.1) is 11.3 Å². The van der Waals surface area contributed by atoms with Crippen molar-refractivity contribution in [3.05, 3.63) is 41.2 Å². The number of anilines is 1. The number of ether oxygens (including phenoxy) is 2. The molecule has 138 valence electrons. The lowest BCUT2D eigenvalue weighted by Crippen LogP contribution is -2.32. The Morgan fingerprint density at radius 3 is 2.77 bits per heavy atom. The first-order valence-electron chi connectivity index (χ1n) is 8.05. The van der Waals surface area contributed by atoms with E-state index in [4.69, 9.17) is 9.47 Å². The molecule has 9 heteroatoms. The van der Waals surface area contributed by atoms with Crippen LogP contribution in [0.15, 0.2) is 29.9 Å². The van der Waals surface area contributed by atoms with E-state index in [-0.39, 0.29) is 18.0 Å². The maximum Gasteiger partial charge on any atom is 0.340 e. The van der Waals surface area contributed by atoms with Gasteiger partial charge < -0.3 is 9.47 Å². The van der Waals surface area contributed by atoms with E-state index in [2.05, 4.69) is 15.3 Å². The number of carbonyl (C=O) groups excluding carboxylic acids is 3. The zero-order chi connectivity index (χ0) is 18.9. The molecule has 2 aromatic heterocycles. The second-order valence-corrected chi connectivity index (χ2v) is 6.02. The zero-order valence-corrected chi connectivity index (χ0v) is 15.2. The molecule has 0 aliphatic rings. The van der Waals surface area contributed by atoms with Gasteiger partial charge >= 0.3 is 11.9 Å². The molecule has 2 aromatic rings. The summed E-state index contributed by atoms with van der Waals surface area (Å²) in [4.78, 5) is 43.8. The zero-order valence-electron chi connectivity index (χ0n) is 14.4. The predicted octanol–water partition coefficient (Wildman–Crippen LogP) is 2.22. The number of pyridine rings is 1. The lowest BCUT2D eigenvalue weighted by atomic mass is 10.2. The van der Waals surface area contributed by atoms with Crippen molar-refractivity contribution in [2.75, 3.05) is 11.9 Å². The van der Waals surface area contributed by atoms with Gasteiger partial charge in [0, 0.05) is 17.8 Å². The van der Waals surface area contributed by atoms with Crippen molar-refractivity contribution in [1.29, 1.82) is 0 Å². The number of hydrogen-bond donors (Lipinski definition) is 1. The van der Waals surface area contributed by atoms with E-state index in [1.54, 1.807) is 31.4 Å². The van der Waals surface area contributed by atoms with Crippen LogP contribution >= 0.6 is 11.3 Å². The summed E-state index contributed by atoms with van der Waals surface area (Å²) in [6.07, 6.45) is 2.29. The second-order valence-electron chi connectivity index (χ2n) is 5.16. The fourth-order valence-corrected chi connectivity index (χ4v) is 2.71. The molecule has 0 aliphatic carbocycles. The highest BCUT2D eigenvalue weighted by atomic mass is 32.1. The monoisotopic (exact) mass is 377 g/mol. The summed E-state index contributed by atoms with van der Waals surface area (Å²) in [5.74, 6) is -1.49. The van der Waals surface area contributed by atoms with Gasteiger partial charge in [-0.3, -0.25) is 19.9 Å². The van der Waals surface area contributed by atoms with E-state index in [1.165, 1.54) is 23.7 Å². The third-order valence-corrected chi connectivity index (χ3v) is 4.03. The summed E-state index contributed by atoms with van der Waals surface area (Å²) in [6.45, 7) is 3.75. The molecule has 2 rings (SSSR count). The molecule has 2 heterocycles. The smallest absolute Gasteiger partial charge is 0.340 e. The average molecular weight is 377 g/mol. The number of esters is 2. The first-order valence-corrected chi connectivity index (χ1v) is 8.93. The van der Waals surface area contributed by atoms with Crippen LogP contribution in [0, 0.1) is 0 Å². The summed E-state index contributed by atoms with van der Waals surface area (Å²) in [5.41, 5.74) is 0.772. The normalized spacial score (nSPS) is 11.5. The van der Waals surface area contributed by atoms with Gasteiger partial charge in [0.05, 0.1) is 24.3 Å². The van der Waals surface area contributed by atoms with E-state index < -0.39 is 18.0 Å². The number of aromatic nitrogens is 2. The molecule has 0 saturated heterocycles. The topological polar surface area (TPSA) is 107 Å². The van der Waals surface area contributed by atoms with Crippen LogP contribution in [0.5, 0.6) is 0 Å². The Morgan fingerprint density at radius 2 is 2.12 bits per heavy atom. The van der Waals surface area contributed by atoms with Gasteiger partial charge in [-0.2, -0.15) is 0 Å². The molecular formula is C17H19N3O5S. The third-order valence-electron chi connectivity index (χ3n) is 3.22. The summed E-state index contributed by atoms with van der Waals surface area (Å²) in [5, 5.41) is 4.58. The first-order chi connectivity index (χ1) is 12.5. The van der Waals surface area contributed by atoms with Gasteiger partial charge in [0.1, 0.15) is 0 Å². The number of thiazole rings is 1. The average Bonchev–Trinajstić information content (AvgIpc) is 3.06. The molecule has 0 aromatic carbocycles. The molecule has 0 fully saturated rings. The molecule has 0 saturated carbocycles. The Balaban J connectivity index is 1.93. The molecule has 0 spiro atoms. The van der Waals surface area contributed by atoms with Gasteiger partial charge in [-0.1, -0.05) is 6.92 Å². The number of carbonyl (C=O) groups is 3. The summed E-state index contributed by atoms with van der Waals surface area (Å²) >= 11 is 1.18. The highest BCUT2D eigenvalue weighted by molar-refractivity contribution is 7.13. The molecule has 1 atom stereocenters. The number of nitrogens with zero attached hydrogens (tertiary/aromatic N) is 2. The van der Waals surface area contributed by atoms with Gasteiger partial charge in [-0.25, -0.2) is 9.78 Å². The maximum absolute atomic E-state index is 12.3. The van der Waals surface area contributed by atoms with E-state index in [1.807, 2.05) is 0 Å². The van der Waals surface area contributed by atoms with Crippen molar-refractivity contribution in [3.63, 3.8) is 0 Å². The molecule has 8 nitrogen and oxygen atoms in total. The summed E-state index contributed by atoms with van der Waals surface area (Å²) in [6, 6.07) is 3.17. The molecule has 1 amide bonds. The minimum absolute atomic E-state index is 0.0351. The molecule has 0 radical (unpaired) electrons. The van der Waals surface area contributed by atoms with Gasteiger partial charge in [0.25, 0.3) is 5.91 Å². The Morgan fingerprint density at radius 1 is 1.31 bits per heavy atom. The van der Waals surface area contributed by atoms with Crippen molar-refractivity contribution >= 4 is 34.3 Å². The van der Waals surface area contributed by atoms with Crippen LogP contribution in [0.3, 0.4) is 0 Å². The number of nitrogens with one attached hydrogen (secondary N) is 1. The Hall–Kier alpha value is -2.81. The van der Waals surface area contributed by atoms with Crippen LogP contribution in [0.1, 0.15) is 36.3 Å². The van der Waals surface area contributed by atoms with Crippen LogP contribution in [0.2, 0.25) is 0 Å². The molecule has 0 aliphatic heterocycles. The lowest BCUT2D eigenvalue weighted by Gasteiger charge is -2.14. The van der Waals surface area contributed by atoms with E-state index >= 15 is 0 Å². The van der Waals surface area contributed by atoms with E-state index in [0.717, 1.165) is 0 Å². The van der Waals surface area contributed by atoms with Crippen LogP contribution in [-0.2, 0) is 25.5 Å². The van der Waals surface area contributed by atoms with Gasteiger partial charge in [-0.05, 0) is 25.5 Å². The maximum atomic E-state index is 12.3. The van der Waals surface area contributed by atoms with Gasteiger partial charge in [0.2, 0.25) is 0 Å². The Kier molecular flexibility index (Phi) is 7.22. The lowest BCUT2D eigenvalue weighted by molar-refractivity contribution is -0.142. The fourth-order valence-electron chi connectivity index (χ4n) is 1.99. The van der Waals surface area contributed by atoms with Crippen molar-refractivity contribution in [3.8, 4) is 0 Å². The van der Waals surface area contributed by atoms with Crippen molar-refractivity contribution in [2.24, 2.45) is 0 Å². The molecule has 1 N–H and O–H groups in total. The number of rotatable bonds is 8. The minimum atomic E-state index is -0.958. The minimum Gasteiger partial charge on any atom is -0.466 e. The molecule has 26 heavy (non-hydrogen) atoms. The summed E-state index contributed by atoms with van der Waals surface area (Å²) in [7, 11) is 0.